The Balaban J connectivity index is 1.50. The Hall–Kier alpha value is 1.18. The smallest absolute Gasteiger partial charge is 0.147 e. The summed E-state index contributed by atoms with van der Waals surface area (Å²) in [7, 11) is 7.78. The molecule has 0 aromatic carbocycles. The van der Waals surface area contributed by atoms with Gasteiger partial charge in [-0.05, 0) is 73.0 Å². The Morgan fingerprint density at radius 3 is 1.38 bits per heavy atom. The van der Waals surface area contributed by atoms with E-state index in [-0.39, 0.29) is 4.08 Å². The van der Waals surface area contributed by atoms with Crippen LogP contribution in [0.25, 0.3) is 0 Å². The van der Waals surface area contributed by atoms with Crippen LogP contribution >= 0.6 is 67.6 Å². The SMILES string of the molecule is S=C(SSC1(SSC(=S)N2CCCCC2)CCCCC1)N1CCCCC1. The van der Waals surface area contributed by atoms with Crippen LogP contribution in [-0.2, 0) is 0 Å². The number of likely N-dealkylation sites (tertiary alicyclic amines) is 2. The molecule has 0 amide bonds. The third-order valence-corrected chi connectivity index (χ3v) is 13.9. The summed E-state index contributed by atoms with van der Waals surface area (Å²) in [6.45, 7) is 4.61. The predicted octanol–water partition coefficient (Wildman–Crippen LogP) is 6.95. The molecule has 3 rings (SSSR count). The van der Waals surface area contributed by atoms with Gasteiger partial charge < -0.3 is 9.80 Å². The lowest BCUT2D eigenvalue weighted by Crippen LogP contribution is -2.33. The van der Waals surface area contributed by atoms with Gasteiger partial charge in [0.15, 0.2) is 0 Å². The van der Waals surface area contributed by atoms with Crippen molar-refractivity contribution in [3.05, 3.63) is 0 Å². The average molecular weight is 467 g/mol. The van der Waals surface area contributed by atoms with Gasteiger partial charge >= 0.3 is 0 Å². The molecule has 2 aliphatic heterocycles. The van der Waals surface area contributed by atoms with Crippen LogP contribution in [0.3, 0.4) is 0 Å². The fourth-order valence-corrected chi connectivity index (χ4v) is 11.4. The maximum atomic E-state index is 5.75. The van der Waals surface area contributed by atoms with Gasteiger partial charge in [-0.25, -0.2) is 0 Å². The van der Waals surface area contributed by atoms with E-state index in [4.69, 9.17) is 24.4 Å². The average Bonchev–Trinajstić information content (AvgIpc) is 2.72. The Kier molecular flexibility index (Phi) is 9.58. The highest BCUT2D eigenvalue weighted by atomic mass is 33.1. The number of hydrogen-bond donors (Lipinski definition) is 0. The van der Waals surface area contributed by atoms with E-state index in [0.29, 0.717) is 0 Å². The summed E-state index contributed by atoms with van der Waals surface area (Å²) in [6, 6.07) is 0. The highest BCUT2D eigenvalue weighted by Crippen LogP contribution is 2.57. The van der Waals surface area contributed by atoms with Gasteiger partial charge in [0, 0.05) is 26.2 Å². The summed E-state index contributed by atoms with van der Waals surface area (Å²) in [5.74, 6) is 0. The van der Waals surface area contributed by atoms with Crippen molar-refractivity contribution in [2.24, 2.45) is 0 Å². The van der Waals surface area contributed by atoms with Crippen LogP contribution in [0, 0.1) is 0 Å². The Morgan fingerprint density at radius 2 is 0.962 bits per heavy atom. The molecule has 0 atom stereocenters. The quantitative estimate of drug-likeness (QED) is 0.246. The highest BCUT2D eigenvalue weighted by molar-refractivity contribution is 8.91. The van der Waals surface area contributed by atoms with Crippen molar-refractivity contribution in [2.45, 2.75) is 74.7 Å². The van der Waals surface area contributed by atoms with E-state index in [1.807, 2.05) is 43.2 Å². The fraction of sp³-hybridized carbons (Fsp3) is 0.889. The number of thiocarbonyl (C=S) groups is 2. The van der Waals surface area contributed by atoms with Crippen LogP contribution < -0.4 is 0 Å². The van der Waals surface area contributed by atoms with E-state index in [2.05, 4.69) is 9.80 Å². The van der Waals surface area contributed by atoms with E-state index in [0.717, 1.165) is 34.8 Å². The van der Waals surface area contributed by atoms with Gasteiger partial charge in [-0.2, -0.15) is 0 Å². The van der Waals surface area contributed by atoms with E-state index in [1.165, 1.54) is 70.6 Å². The summed E-state index contributed by atoms with van der Waals surface area (Å²) in [6.07, 6.45) is 14.5. The van der Waals surface area contributed by atoms with E-state index >= 15 is 0 Å². The minimum Gasteiger partial charge on any atom is -0.357 e. The first-order valence-corrected chi connectivity index (χ1v) is 15.1. The molecule has 0 aromatic heterocycles. The Labute approximate surface area is 185 Å². The summed E-state index contributed by atoms with van der Waals surface area (Å²) < 4.78 is 2.47. The molecule has 0 bridgehead atoms. The molecular weight excluding hydrogens is 437 g/mol. The van der Waals surface area contributed by atoms with Crippen LogP contribution in [0.5, 0.6) is 0 Å². The largest absolute Gasteiger partial charge is 0.357 e. The number of nitrogens with zero attached hydrogens (tertiary/aromatic N) is 2. The van der Waals surface area contributed by atoms with Gasteiger partial charge in [0.25, 0.3) is 0 Å². The lowest BCUT2D eigenvalue weighted by atomic mass is 10.00. The summed E-state index contributed by atoms with van der Waals surface area (Å²) in [4.78, 5) is 4.84. The number of rotatable bonds is 4. The minimum absolute atomic E-state index is 0.271. The monoisotopic (exact) mass is 466 g/mol. The maximum absolute atomic E-state index is 5.75. The second-order valence-corrected chi connectivity index (χ2v) is 14.0. The predicted molar refractivity (Wildman–Crippen MR) is 132 cm³/mol. The number of hydrogen-bond acceptors (Lipinski definition) is 6. The molecule has 2 heterocycles. The zero-order valence-corrected chi connectivity index (χ0v) is 20.3. The van der Waals surface area contributed by atoms with Gasteiger partial charge in [-0.15, -0.1) is 0 Å². The zero-order chi connectivity index (χ0) is 18.2. The Morgan fingerprint density at radius 1 is 0.577 bits per heavy atom. The summed E-state index contributed by atoms with van der Waals surface area (Å²) in [5, 5.41) is 0. The van der Waals surface area contributed by atoms with Crippen molar-refractivity contribution in [2.75, 3.05) is 26.2 Å². The van der Waals surface area contributed by atoms with Gasteiger partial charge in [-0.1, -0.05) is 65.3 Å². The van der Waals surface area contributed by atoms with Gasteiger partial charge in [0.2, 0.25) is 0 Å². The molecule has 0 radical (unpaired) electrons. The van der Waals surface area contributed by atoms with Crippen LogP contribution in [0.15, 0.2) is 0 Å². The molecule has 0 spiro atoms. The highest BCUT2D eigenvalue weighted by Gasteiger charge is 2.36. The molecule has 3 fully saturated rings. The van der Waals surface area contributed by atoms with Crippen molar-refractivity contribution in [3.8, 4) is 0 Å². The maximum Gasteiger partial charge on any atom is 0.147 e. The van der Waals surface area contributed by atoms with Crippen molar-refractivity contribution in [1.29, 1.82) is 0 Å². The minimum atomic E-state index is 0.271. The van der Waals surface area contributed by atoms with Crippen LogP contribution in [0.4, 0.5) is 0 Å². The zero-order valence-electron chi connectivity index (χ0n) is 15.5. The standard InChI is InChI=1S/C18H30N2S6/c21-16(19-12-6-2-7-13-19)23-25-18(10-4-1-5-11-18)26-24-17(22)20-14-8-3-9-15-20/h1-15H2. The van der Waals surface area contributed by atoms with E-state index < -0.39 is 0 Å². The molecule has 26 heavy (non-hydrogen) atoms. The lowest BCUT2D eigenvalue weighted by molar-refractivity contribution is 0.352. The molecule has 2 nitrogen and oxygen atoms in total. The van der Waals surface area contributed by atoms with Crippen LogP contribution in [0.1, 0.15) is 70.6 Å². The summed E-state index contributed by atoms with van der Waals surface area (Å²) in [5.41, 5.74) is 0. The molecular formula is C18H30N2S6. The van der Waals surface area contributed by atoms with Crippen LogP contribution in [0.2, 0.25) is 0 Å². The van der Waals surface area contributed by atoms with Crippen molar-refractivity contribution in [3.63, 3.8) is 0 Å². The number of piperidine rings is 2. The fourth-order valence-electron chi connectivity index (χ4n) is 3.75. The molecule has 3 aliphatic rings. The molecule has 0 N–H and O–H groups in total. The first-order chi connectivity index (χ1) is 12.7. The molecule has 1 aliphatic carbocycles. The Bertz CT molecular complexity index is 432. The lowest BCUT2D eigenvalue weighted by Gasteiger charge is -2.37. The molecule has 0 aromatic rings. The van der Waals surface area contributed by atoms with Gasteiger partial charge in [0.1, 0.15) is 8.64 Å². The van der Waals surface area contributed by atoms with Crippen molar-refractivity contribution < 1.29 is 0 Å². The normalized spacial score (nSPS) is 23.7. The molecule has 8 heteroatoms. The first kappa shape index (κ1) is 21.9. The first-order valence-electron chi connectivity index (χ1n) is 9.98. The molecule has 1 saturated carbocycles. The molecule has 148 valence electrons. The van der Waals surface area contributed by atoms with Gasteiger partial charge in [0.05, 0.1) is 4.08 Å². The topological polar surface area (TPSA) is 6.48 Å². The van der Waals surface area contributed by atoms with E-state index in [9.17, 15) is 0 Å². The summed E-state index contributed by atoms with van der Waals surface area (Å²) >= 11 is 11.5. The van der Waals surface area contributed by atoms with E-state index in [1.54, 1.807) is 0 Å². The molecule has 2 saturated heterocycles. The third kappa shape index (κ3) is 6.61. The van der Waals surface area contributed by atoms with Crippen molar-refractivity contribution in [1.82, 2.24) is 9.80 Å². The second kappa shape index (κ2) is 11.4. The third-order valence-electron chi connectivity index (χ3n) is 5.37. The van der Waals surface area contributed by atoms with Gasteiger partial charge in [-0.3, -0.25) is 0 Å². The van der Waals surface area contributed by atoms with Crippen molar-refractivity contribution >= 4 is 76.3 Å². The second-order valence-electron chi connectivity index (χ2n) is 7.43. The molecule has 0 unspecified atom stereocenters. The van der Waals surface area contributed by atoms with Crippen LogP contribution in [-0.4, -0.2) is 48.7 Å².